The van der Waals surface area contributed by atoms with E-state index in [1.54, 1.807) is 6.92 Å². The van der Waals surface area contributed by atoms with Crippen molar-refractivity contribution in [1.82, 2.24) is 0 Å². The van der Waals surface area contributed by atoms with Crippen LogP contribution in [0, 0.1) is 10.1 Å². The second-order valence-electron chi connectivity index (χ2n) is 4.48. The lowest BCUT2D eigenvalue weighted by Gasteiger charge is -2.09. The van der Waals surface area contributed by atoms with Crippen molar-refractivity contribution < 1.29 is 14.5 Å². The Morgan fingerprint density at radius 3 is 2.60 bits per heavy atom. The lowest BCUT2D eigenvalue weighted by Crippen LogP contribution is -2.12. The third kappa shape index (κ3) is 5.22. The summed E-state index contributed by atoms with van der Waals surface area (Å²) in [4.78, 5) is 21.8. The highest BCUT2D eigenvalue weighted by molar-refractivity contribution is 5.89. The number of nitro benzene ring substituents is 1. The van der Waals surface area contributed by atoms with E-state index in [0.717, 1.165) is 19.3 Å². The van der Waals surface area contributed by atoms with E-state index in [2.05, 4.69) is 6.92 Å². The van der Waals surface area contributed by atoms with Crippen LogP contribution in [-0.4, -0.2) is 17.0 Å². The number of non-ortho nitro benzene ring substituents is 1. The summed E-state index contributed by atoms with van der Waals surface area (Å²) < 4.78 is 5.22. The summed E-state index contributed by atoms with van der Waals surface area (Å²) in [6, 6.07) is 5.37. The highest BCUT2D eigenvalue weighted by atomic mass is 16.6. The molecule has 1 aromatic carbocycles. The summed E-state index contributed by atoms with van der Waals surface area (Å²) >= 11 is 0. The van der Waals surface area contributed by atoms with E-state index < -0.39 is 10.9 Å². The van der Waals surface area contributed by atoms with E-state index in [1.807, 2.05) is 12.2 Å². The van der Waals surface area contributed by atoms with Gasteiger partial charge in [0.2, 0.25) is 0 Å². The van der Waals surface area contributed by atoms with Gasteiger partial charge in [-0.05, 0) is 31.6 Å². The van der Waals surface area contributed by atoms with Gasteiger partial charge in [-0.2, -0.15) is 0 Å². The average Bonchev–Trinajstić information content (AvgIpc) is 2.43. The predicted octanol–water partition coefficient (Wildman–Crippen LogP) is 3.89. The maximum atomic E-state index is 11.8. The largest absolute Gasteiger partial charge is 0.455 e. The van der Waals surface area contributed by atoms with Crippen LogP contribution in [0.5, 0.6) is 0 Å². The van der Waals surface area contributed by atoms with Gasteiger partial charge >= 0.3 is 5.97 Å². The summed E-state index contributed by atoms with van der Waals surface area (Å²) in [7, 11) is 0. The third-order valence-electron chi connectivity index (χ3n) is 2.74. The predicted molar refractivity (Wildman–Crippen MR) is 76.6 cm³/mol. The fourth-order valence-corrected chi connectivity index (χ4v) is 1.61. The van der Waals surface area contributed by atoms with Crippen LogP contribution in [-0.2, 0) is 4.74 Å². The molecular weight excluding hydrogens is 258 g/mol. The van der Waals surface area contributed by atoms with Crippen molar-refractivity contribution in [3.63, 3.8) is 0 Å². The first kappa shape index (κ1) is 15.9. The zero-order chi connectivity index (χ0) is 15.0. The van der Waals surface area contributed by atoms with Crippen LogP contribution in [0.3, 0.4) is 0 Å². The maximum absolute atomic E-state index is 11.8. The SMILES string of the molecule is CCCC/C=C/C(C)OC(=O)c1ccc([N+](=O)[O-])cc1. The Bertz CT molecular complexity index is 479. The molecule has 0 bridgehead atoms. The molecule has 1 atom stereocenters. The zero-order valence-corrected chi connectivity index (χ0v) is 11.7. The molecule has 0 radical (unpaired) electrons. The smallest absolute Gasteiger partial charge is 0.338 e. The molecule has 0 saturated heterocycles. The van der Waals surface area contributed by atoms with Gasteiger partial charge in [0.05, 0.1) is 10.5 Å². The number of allylic oxidation sites excluding steroid dienone is 1. The monoisotopic (exact) mass is 277 g/mol. The molecule has 0 amide bonds. The van der Waals surface area contributed by atoms with Gasteiger partial charge in [-0.1, -0.05) is 25.8 Å². The Hall–Kier alpha value is -2.17. The molecule has 5 nitrogen and oxygen atoms in total. The first-order chi connectivity index (χ1) is 9.54. The van der Waals surface area contributed by atoms with Crippen LogP contribution in [0.2, 0.25) is 0 Å². The van der Waals surface area contributed by atoms with Crippen LogP contribution in [0.25, 0.3) is 0 Å². The number of hydrogen-bond acceptors (Lipinski definition) is 4. The molecule has 0 aliphatic carbocycles. The fourth-order valence-electron chi connectivity index (χ4n) is 1.61. The highest BCUT2D eigenvalue weighted by Gasteiger charge is 2.12. The Balaban J connectivity index is 2.53. The minimum atomic E-state index is -0.506. The van der Waals surface area contributed by atoms with Crippen molar-refractivity contribution in [3.8, 4) is 0 Å². The molecule has 0 fully saturated rings. The standard InChI is InChI=1S/C15H19NO4/c1-3-4-5-6-7-12(2)20-15(17)13-8-10-14(11-9-13)16(18)19/h6-12H,3-5H2,1-2H3/b7-6+. The van der Waals surface area contributed by atoms with Gasteiger partial charge in [-0.15, -0.1) is 0 Å². The highest BCUT2D eigenvalue weighted by Crippen LogP contribution is 2.13. The second-order valence-corrected chi connectivity index (χ2v) is 4.48. The number of nitro groups is 1. The minimum absolute atomic E-state index is 0.0472. The lowest BCUT2D eigenvalue weighted by molar-refractivity contribution is -0.384. The van der Waals surface area contributed by atoms with Crippen LogP contribution < -0.4 is 0 Å². The maximum Gasteiger partial charge on any atom is 0.338 e. The number of carbonyl (C=O) groups is 1. The van der Waals surface area contributed by atoms with Crippen molar-refractivity contribution in [2.24, 2.45) is 0 Å². The number of esters is 1. The molecule has 1 unspecified atom stereocenters. The van der Waals surface area contributed by atoms with Crippen LogP contribution in [0.4, 0.5) is 5.69 Å². The molecule has 0 N–H and O–H groups in total. The lowest BCUT2D eigenvalue weighted by atomic mass is 10.2. The molecule has 0 heterocycles. The molecule has 0 aliphatic heterocycles. The zero-order valence-electron chi connectivity index (χ0n) is 11.7. The third-order valence-corrected chi connectivity index (χ3v) is 2.74. The van der Waals surface area contributed by atoms with Gasteiger partial charge in [-0.25, -0.2) is 4.79 Å². The minimum Gasteiger partial charge on any atom is -0.455 e. The Kier molecular flexibility index (Phi) is 6.43. The van der Waals surface area contributed by atoms with Crippen LogP contribution >= 0.6 is 0 Å². The normalized spacial score (nSPS) is 12.3. The first-order valence-corrected chi connectivity index (χ1v) is 6.66. The molecule has 0 saturated carbocycles. The van der Waals surface area contributed by atoms with Crippen LogP contribution in [0.1, 0.15) is 43.5 Å². The van der Waals surface area contributed by atoms with Crippen molar-refractivity contribution >= 4 is 11.7 Å². The van der Waals surface area contributed by atoms with Gasteiger partial charge in [-0.3, -0.25) is 10.1 Å². The van der Waals surface area contributed by atoms with E-state index in [1.165, 1.54) is 24.3 Å². The number of hydrogen-bond donors (Lipinski definition) is 0. The molecule has 108 valence electrons. The number of nitrogens with zero attached hydrogens (tertiary/aromatic N) is 1. The number of benzene rings is 1. The molecule has 0 spiro atoms. The molecule has 0 aliphatic rings. The van der Waals surface area contributed by atoms with Gasteiger partial charge in [0.25, 0.3) is 5.69 Å². The van der Waals surface area contributed by atoms with Gasteiger partial charge in [0.15, 0.2) is 0 Å². The summed E-state index contributed by atoms with van der Waals surface area (Å²) in [5.74, 6) is -0.479. The number of ether oxygens (including phenoxy) is 1. The average molecular weight is 277 g/mol. The first-order valence-electron chi connectivity index (χ1n) is 6.66. The van der Waals surface area contributed by atoms with Gasteiger partial charge in [0.1, 0.15) is 6.10 Å². The fraction of sp³-hybridized carbons (Fsp3) is 0.400. The van der Waals surface area contributed by atoms with Crippen molar-refractivity contribution in [3.05, 3.63) is 52.1 Å². The molecule has 1 aromatic rings. The molecule has 0 aromatic heterocycles. The van der Waals surface area contributed by atoms with E-state index in [-0.39, 0.29) is 11.8 Å². The summed E-state index contributed by atoms with van der Waals surface area (Å²) in [5, 5.41) is 10.5. The summed E-state index contributed by atoms with van der Waals surface area (Å²) in [6.07, 6.45) is 6.74. The molecule has 1 rings (SSSR count). The number of unbranched alkanes of at least 4 members (excludes halogenated alkanes) is 2. The second kappa shape index (κ2) is 8.09. The molecule has 20 heavy (non-hydrogen) atoms. The van der Waals surface area contributed by atoms with E-state index in [4.69, 9.17) is 4.74 Å². The number of carbonyl (C=O) groups excluding carboxylic acids is 1. The Labute approximate surface area is 118 Å². The quantitative estimate of drug-likeness (QED) is 0.249. The van der Waals surface area contributed by atoms with E-state index in [0.29, 0.717) is 5.56 Å². The van der Waals surface area contributed by atoms with Crippen LogP contribution in [0.15, 0.2) is 36.4 Å². The topological polar surface area (TPSA) is 69.4 Å². The van der Waals surface area contributed by atoms with Crippen molar-refractivity contribution in [1.29, 1.82) is 0 Å². The van der Waals surface area contributed by atoms with Gasteiger partial charge in [0, 0.05) is 12.1 Å². The molecule has 5 heteroatoms. The molecular formula is C15H19NO4. The van der Waals surface area contributed by atoms with Crippen molar-refractivity contribution in [2.75, 3.05) is 0 Å². The van der Waals surface area contributed by atoms with Gasteiger partial charge < -0.3 is 4.74 Å². The van der Waals surface area contributed by atoms with E-state index in [9.17, 15) is 14.9 Å². The summed E-state index contributed by atoms with van der Waals surface area (Å²) in [6.45, 7) is 3.90. The Morgan fingerprint density at radius 1 is 1.40 bits per heavy atom. The number of rotatable bonds is 7. The van der Waals surface area contributed by atoms with Crippen molar-refractivity contribution in [2.45, 2.75) is 39.2 Å². The summed E-state index contributed by atoms with van der Waals surface area (Å²) in [5.41, 5.74) is 0.262. The van der Waals surface area contributed by atoms with E-state index >= 15 is 0 Å². The Morgan fingerprint density at radius 2 is 2.05 bits per heavy atom.